The Labute approximate surface area is 155 Å². The summed E-state index contributed by atoms with van der Waals surface area (Å²) in [5.74, 6) is -0.904. The molecule has 3 aromatic rings. The Balaban J connectivity index is 2.26. The monoisotopic (exact) mass is 366 g/mol. The maximum Gasteiger partial charge on any atom is 0.267 e. The average molecular weight is 366 g/mol. The number of hydrogen-bond acceptors (Lipinski definition) is 4. The largest absolute Gasteiger partial charge is 0.506 e. The minimum Gasteiger partial charge on any atom is -0.506 e. The molecular formula is C20H18N2O3S. The number of rotatable bonds is 4. The fourth-order valence-corrected chi connectivity index (χ4v) is 3.34. The number of nitrogens with zero attached hydrogens (tertiary/aromatic N) is 1. The second-order valence-corrected chi connectivity index (χ2v) is 6.13. The number of amides is 1. The second kappa shape index (κ2) is 7.09. The minimum absolute atomic E-state index is 0.285. The third-order valence-electron chi connectivity index (χ3n) is 4.37. The van der Waals surface area contributed by atoms with E-state index in [9.17, 15) is 14.7 Å². The lowest BCUT2D eigenvalue weighted by Crippen LogP contribution is -2.34. The van der Waals surface area contributed by atoms with Crippen LogP contribution in [0.5, 0.6) is 5.75 Å². The van der Waals surface area contributed by atoms with Crippen LogP contribution in [0.1, 0.15) is 28.4 Å². The Morgan fingerprint density at radius 3 is 2.54 bits per heavy atom. The zero-order valence-electron chi connectivity index (χ0n) is 14.4. The van der Waals surface area contributed by atoms with E-state index in [4.69, 9.17) is 12.2 Å². The fourth-order valence-electron chi connectivity index (χ4n) is 3.04. The van der Waals surface area contributed by atoms with Crippen molar-refractivity contribution in [1.82, 2.24) is 4.98 Å². The molecule has 0 fully saturated rings. The van der Waals surface area contributed by atoms with Crippen molar-refractivity contribution in [3.63, 3.8) is 0 Å². The van der Waals surface area contributed by atoms with Gasteiger partial charge in [-0.1, -0.05) is 36.5 Å². The van der Waals surface area contributed by atoms with Crippen molar-refractivity contribution < 1.29 is 9.90 Å². The van der Waals surface area contributed by atoms with Gasteiger partial charge in [-0.3, -0.25) is 9.59 Å². The number of nitrogens with one attached hydrogen (secondary N) is 1. The van der Waals surface area contributed by atoms with Gasteiger partial charge in [0.2, 0.25) is 0 Å². The molecule has 0 aliphatic carbocycles. The first-order valence-corrected chi connectivity index (χ1v) is 8.67. The van der Waals surface area contributed by atoms with E-state index in [0.29, 0.717) is 28.7 Å². The number of aryl methyl sites for hydroxylation is 1. The van der Waals surface area contributed by atoms with Gasteiger partial charge in [-0.2, -0.15) is 0 Å². The fraction of sp³-hybridized carbons (Fsp3) is 0.150. The third-order valence-corrected chi connectivity index (χ3v) is 4.61. The van der Waals surface area contributed by atoms with Crippen molar-refractivity contribution in [2.45, 2.75) is 13.8 Å². The molecule has 0 spiro atoms. The summed E-state index contributed by atoms with van der Waals surface area (Å²) in [6.07, 6.45) is 0. The van der Waals surface area contributed by atoms with Crippen molar-refractivity contribution in [2.75, 3.05) is 11.4 Å². The Hall–Kier alpha value is -2.99. The van der Waals surface area contributed by atoms with Gasteiger partial charge >= 0.3 is 0 Å². The highest BCUT2D eigenvalue weighted by molar-refractivity contribution is 7.79. The molecule has 0 saturated carbocycles. The van der Waals surface area contributed by atoms with Gasteiger partial charge < -0.3 is 15.0 Å². The number of thiocarbonyl (C=S) groups is 1. The third kappa shape index (κ3) is 2.88. The molecule has 6 heteroatoms. The molecule has 0 aliphatic rings. The Morgan fingerprint density at radius 1 is 1.23 bits per heavy atom. The highest BCUT2D eigenvalue weighted by Crippen LogP contribution is 2.31. The zero-order chi connectivity index (χ0) is 18.8. The van der Waals surface area contributed by atoms with Crippen molar-refractivity contribution in [2.24, 2.45) is 0 Å². The van der Waals surface area contributed by atoms with Crippen LogP contribution in [0.3, 0.4) is 0 Å². The van der Waals surface area contributed by atoms with Crippen LogP contribution in [0.15, 0.2) is 47.3 Å². The van der Waals surface area contributed by atoms with Crippen molar-refractivity contribution in [3.8, 4) is 5.75 Å². The molecule has 5 nitrogen and oxygen atoms in total. The predicted octanol–water partition coefficient (Wildman–Crippen LogP) is 3.56. The number of aromatic amines is 1. The molecule has 26 heavy (non-hydrogen) atoms. The molecule has 0 unspecified atom stereocenters. The van der Waals surface area contributed by atoms with E-state index in [1.807, 2.05) is 32.0 Å². The van der Waals surface area contributed by atoms with Crippen LogP contribution in [0.4, 0.5) is 5.69 Å². The summed E-state index contributed by atoms with van der Waals surface area (Å²) in [4.78, 5) is 29.7. The smallest absolute Gasteiger partial charge is 0.267 e. The molecule has 2 aromatic carbocycles. The molecule has 3 rings (SSSR count). The molecule has 0 radical (unpaired) electrons. The number of para-hydroxylation sites is 1. The standard InChI is InChI=1S/C20H18N2O3S/c1-3-22(13-7-5-4-6-8-13)20(25)17-18(23)16-14(11-26)12(2)9-10-15(16)21-19(17)24/h4-11H,3H2,1-2H3,(H2,21,23,24). The first-order chi connectivity index (χ1) is 12.5. The lowest BCUT2D eigenvalue weighted by molar-refractivity contribution is 0.0984. The number of H-pyrrole nitrogens is 1. The van der Waals surface area contributed by atoms with E-state index >= 15 is 0 Å². The summed E-state index contributed by atoms with van der Waals surface area (Å²) in [6, 6.07) is 12.5. The van der Waals surface area contributed by atoms with E-state index in [-0.39, 0.29) is 11.3 Å². The second-order valence-electron chi connectivity index (χ2n) is 5.90. The molecule has 0 bridgehead atoms. The van der Waals surface area contributed by atoms with Crippen LogP contribution in [-0.2, 0) is 0 Å². The number of hydrogen-bond donors (Lipinski definition) is 2. The quantitative estimate of drug-likeness (QED) is 0.693. The van der Waals surface area contributed by atoms with Gasteiger partial charge in [0, 0.05) is 28.5 Å². The lowest BCUT2D eigenvalue weighted by atomic mass is 10.0. The molecule has 0 atom stereocenters. The Bertz CT molecular complexity index is 1060. The van der Waals surface area contributed by atoms with Crippen LogP contribution < -0.4 is 10.5 Å². The maximum absolute atomic E-state index is 13.1. The van der Waals surface area contributed by atoms with Gasteiger partial charge in [0.25, 0.3) is 11.5 Å². The van der Waals surface area contributed by atoms with Crippen LogP contribution in [-0.4, -0.2) is 27.9 Å². The van der Waals surface area contributed by atoms with Crippen LogP contribution >= 0.6 is 12.2 Å². The topological polar surface area (TPSA) is 73.4 Å². The lowest BCUT2D eigenvalue weighted by Gasteiger charge is -2.21. The Kier molecular flexibility index (Phi) is 4.86. The van der Waals surface area contributed by atoms with Crippen LogP contribution in [0.25, 0.3) is 10.9 Å². The first-order valence-electron chi connectivity index (χ1n) is 8.20. The maximum atomic E-state index is 13.1. The van der Waals surface area contributed by atoms with Crippen LogP contribution in [0.2, 0.25) is 0 Å². The molecule has 0 saturated heterocycles. The normalized spacial score (nSPS) is 10.7. The van der Waals surface area contributed by atoms with E-state index in [0.717, 1.165) is 5.56 Å². The number of fused-ring (bicyclic) bond motifs is 1. The molecule has 1 amide bonds. The van der Waals surface area contributed by atoms with Crippen molar-refractivity contribution in [1.29, 1.82) is 0 Å². The number of anilines is 1. The van der Waals surface area contributed by atoms with Gasteiger partial charge in [0.15, 0.2) is 0 Å². The first kappa shape index (κ1) is 17.8. The highest BCUT2D eigenvalue weighted by Gasteiger charge is 2.25. The number of aromatic hydroxyl groups is 1. The van der Waals surface area contributed by atoms with Gasteiger partial charge in [-0.25, -0.2) is 0 Å². The number of benzene rings is 2. The summed E-state index contributed by atoms with van der Waals surface area (Å²) in [5.41, 5.74) is 1.64. The van der Waals surface area contributed by atoms with E-state index in [2.05, 4.69) is 4.98 Å². The number of aromatic nitrogens is 1. The van der Waals surface area contributed by atoms with E-state index in [1.165, 1.54) is 10.3 Å². The highest BCUT2D eigenvalue weighted by atomic mass is 32.1. The molecule has 1 heterocycles. The molecule has 2 N–H and O–H groups in total. The zero-order valence-corrected chi connectivity index (χ0v) is 15.3. The van der Waals surface area contributed by atoms with Crippen molar-refractivity contribution >= 4 is 40.1 Å². The van der Waals surface area contributed by atoms with Gasteiger partial charge in [-0.05, 0) is 37.6 Å². The summed E-state index contributed by atoms with van der Waals surface area (Å²) in [5, 5.41) is 12.6. The van der Waals surface area contributed by atoms with Gasteiger partial charge in [-0.15, -0.1) is 0 Å². The molecule has 132 valence electrons. The summed E-state index contributed by atoms with van der Waals surface area (Å²) >= 11 is 5.06. The predicted molar refractivity (Wildman–Crippen MR) is 108 cm³/mol. The average Bonchev–Trinajstić information content (AvgIpc) is 2.63. The number of carbonyl (C=O) groups excluding carboxylic acids is 1. The van der Waals surface area contributed by atoms with E-state index < -0.39 is 11.5 Å². The summed E-state index contributed by atoms with van der Waals surface area (Å²) in [6.45, 7) is 4.02. The molecule has 0 aliphatic heterocycles. The van der Waals surface area contributed by atoms with E-state index in [1.54, 1.807) is 24.3 Å². The van der Waals surface area contributed by atoms with Gasteiger partial charge in [0.05, 0.1) is 5.52 Å². The summed E-state index contributed by atoms with van der Waals surface area (Å²) < 4.78 is 0. The summed E-state index contributed by atoms with van der Waals surface area (Å²) in [7, 11) is 0. The molecule has 1 aromatic heterocycles. The molecular weight excluding hydrogens is 348 g/mol. The van der Waals surface area contributed by atoms with Gasteiger partial charge in [0.1, 0.15) is 11.3 Å². The van der Waals surface area contributed by atoms with Crippen molar-refractivity contribution in [3.05, 3.63) is 69.5 Å². The number of carbonyl (C=O) groups is 1. The number of pyridine rings is 1. The minimum atomic E-state index is -0.631. The Morgan fingerprint density at radius 2 is 1.92 bits per heavy atom. The SMILES string of the molecule is CCN(C(=O)c1c(O)c2c(C=S)c(C)ccc2[nH]c1=O)c1ccccc1. The van der Waals surface area contributed by atoms with Crippen LogP contribution in [0, 0.1) is 6.92 Å².